The zero-order chi connectivity index (χ0) is 10.0. The summed E-state index contributed by atoms with van der Waals surface area (Å²) in [6, 6.07) is 0.252. The summed E-state index contributed by atoms with van der Waals surface area (Å²) < 4.78 is 23.9. The second-order valence-electron chi connectivity index (χ2n) is 4.53. The lowest BCUT2D eigenvalue weighted by atomic mass is 10.0. The molecule has 1 N–H and O–H groups in total. The Morgan fingerprint density at radius 2 is 1.71 bits per heavy atom. The Balaban J connectivity index is 1.91. The summed E-state index contributed by atoms with van der Waals surface area (Å²) in [4.78, 5) is 0. The van der Waals surface area contributed by atoms with Crippen LogP contribution in [0.1, 0.15) is 38.5 Å². The first-order valence-corrected chi connectivity index (χ1v) is 7.35. The Morgan fingerprint density at radius 3 is 2.21 bits per heavy atom. The highest BCUT2D eigenvalue weighted by Gasteiger charge is 2.31. The third-order valence-electron chi connectivity index (χ3n) is 3.42. The normalized spacial score (nSPS) is 29.9. The highest BCUT2D eigenvalue weighted by atomic mass is 32.2. The van der Waals surface area contributed by atoms with Crippen molar-refractivity contribution in [1.82, 2.24) is 5.32 Å². The van der Waals surface area contributed by atoms with Crippen LogP contribution < -0.4 is 5.32 Å². The summed E-state index contributed by atoms with van der Waals surface area (Å²) in [5, 5.41) is 3.13. The van der Waals surface area contributed by atoms with Crippen LogP contribution in [0.2, 0.25) is 0 Å². The average molecular weight is 217 g/mol. The Kier molecular flexibility index (Phi) is 3.12. The standard InChI is InChI=1S/C10H19NO2S/c12-14(13,8-9-6-7-11-9)10-4-2-1-3-5-10/h9-11H,1-8H2. The van der Waals surface area contributed by atoms with E-state index >= 15 is 0 Å². The highest BCUT2D eigenvalue weighted by molar-refractivity contribution is 7.92. The van der Waals surface area contributed by atoms with Gasteiger partial charge >= 0.3 is 0 Å². The number of sulfone groups is 1. The minimum Gasteiger partial charge on any atom is -0.313 e. The predicted molar refractivity (Wildman–Crippen MR) is 57.1 cm³/mol. The zero-order valence-electron chi connectivity index (χ0n) is 8.54. The molecule has 0 spiro atoms. The van der Waals surface area contributed by atoms with Gasteiger partial charge < -0.3 is 5.32 Å². The van der Waals surface area contributed by atoms with Crippen molar-refractivity contribution in [3.8, 4) is 0 Å². The van der Waals surface area contributed by atoms with E-state index < -0.39 is 9.84 Å². The smallest absolute Gasteiger partial charge is 0.154 e. The second-order valence-corrected chi connectivity index (χ2v) is 6.85. The summed E-state index contributed by atoms with van der Waals surface area (Å²) in [5.74, 6) is 0.373. The van der Waals surface area contributed by atoms with Gasteiger partial charge in [-0.25, -0.2) is 8.42 Å². The van der Waals surface area contributed by atoms with Gasteiger partial charge in [-0.1, -0.05) is 19.3 Å². The first kappa shape index (κ1) is 10.4. The van der Waals surface area contributed by atoms with Crippen LogP contribution in [-0.4, -0.2) is 32.0 Å². The van der Waals surface area contributed by atoms with Gasteiger partial charge in [-0.2, -0.15) is 0 Å². The summed E-state index contributed by atoms with van der Waals surface area (Å²) in [7, 11) is -2.81. The van der Waals surface area contributed by atoms with Crippen molar-refractivity contribution in [3.05, 3.63) is 0 Å². The minimum atomic E-state index is -2.81. The second kappa shape index (κ2) is 4.19. The van der Waals surface area contributed by atoms with Gasteiger partial charge in [-0.05, 0) is 25.8 Å². The Morgan fingerprint density at radius 1 is 1.07 bits per heavy atom. The van der Waals surface area contributed by atoms with E-state index in [0.29, 0.717) is 5.75 Å². The molecule has 82 valence electrons. The summed E-state index contributed by atoms with van der Waals surface area (Å²) in [6.45, 7) is 0.991. The largest absolute Gasteiger partial charge is 0.313 e. The first-order valence-electron chi connectivity index (χ1n) is 5.63. The molecule has 2 aliphatic rings. The minimum absolute atomic E-state index is 0.0290. The molecule has 0 aromatic carbocycles. The molecule has 4 heteroatoms. The molecular weight excluding hydrogens is 198 g/mol. The maximum Gasteiger partial charge on any atom is 0.154 e. The molecule has 2 rings (SSSR count). The molecule has 3 nitrogen and oxygen atoms in total. The van der Waals surface area contributed by atoms with Crippen molar-refractivity contribution in [3.63, 3.8) is 0 Å². The van der Waals surface area contributed by atoms with Gasteiger partial charge in [0.25, 0.3) is 0 Å². The number of hydrogen-bond acceptors (Lipinski definition) is 3. The van der Waals surface area contributed by atoms with E-state index in [4.69, 9.17) is 0 Å². The van der Waals surface area contributed by atoms with E-state index in [1.165, 1.54) is 6.42 Å². The fourth-order valence-electron chi connectivity index (χ4n) is 2.33. The molecule has 0 bridgehead atoms. The van der Waals surface area contributed by atoms with E-state index in [1.54, 1.807) is 0 Å². The maximum absolute atomic E-state index is 11.9. The number of nitrogens with one attached hydrogen (secondary N) is 1. The van der Waals surface area contributed by atoms with E-state index in [-0.39, 0.29) is 11.3 Å². The van der Waals surface area contributed by atoms with E-state index in [0.717, 1.165) is 38.6 Å². The fourth-order valence-corrected chi connectivity index (χ4v) is 4.50. The molecule has 0 aromatic rings. The predicted octanol–water partition coefficient (Wildman–Crippen LogP) is 1.10. The van der Waals surface area contributed by atoms with Crippen LogP contribution in [0, 0.1) is 0 Å². The molecule has 1 heterocycles. The van der Waals surface area contributed by atoms with Gasteiger partial charge in [-0.3, -0.25) is 0 Å². The molecule has 1 aliphatic carbocycles. The Hall–Kier alpha value is -0.0900. The Labute approximate surface area is 86.2 Å². The quantitative estimate of drug-likeness (QED) is 0.770. The van der Waals surface area contributed by atoms with Crippen molar-refractivity contribution in [1.29, 1.82) is 0 Å². The van der Waals surface area contributed by atoms with Gasteiger partial charge in [0.15, 0.2) is 9.84 Å². The third-order valence-corrected chi connectivity index (χ3v) is 5.77. The van der Waals surface area contributed by atoms with Gasteiger partial charge in [0.1, 0.15) is 0 Å². The SMILES string of the molecule is O=S(=O)(CC1CCN1)C1CCCCC1. The molecule has 0 aromatic heterocycles. The van der Waals surface area contributed by atoms with Crippen molar-refractivity contribution in [2.24, 2.45) is 0 Å². The monoisotopic (exact) mass is 217 g/mol. The third kappa shape index (κ3) is 2.28. The average Bonchev–Trinajstić information content (AvgIpc) is 2.13. The van der Waals surface area contributed by atoms with Crippen LogP contribution in [0.25, 0.3) is 0 Å². The van der Waals surface area contributed by atoms with Crippen LogP contribution in [0.5, 0.6) is 0 Å². The molecule has 1 saturated heterocycles. The lowest BCUT2D eigenvalue weighted by Gasteiger charge is -2.30. The summed E-state index contributed by atoms with van der Waals surface area (Å²) in [5.41, 5.74) is 0. The van der Waals surface area contributed by atoms with Gasteiger partial charge in [0.2, 0.25) is 0 Å². The van der Waals surface area contributed by atoms with Crippen molar-refractivity contribution in [2.75, 3.05) is 12.3 Å². The van der Waals surface area contributed by atoms with Gasteiger partial charge in [-0.15, -0.1) is 0 Å². The van der Waals surface area contributed by atoms with Crippen LogP contribution in [0.15, 0.2) is 0 Å². The first-order chi connectivity index (χ1) is 6.68. The maximum atomic E-state index is 11.9. The van der Waals surface area contributed by atoms with Gasteiger partial charge in [0, 0.05) is 6.04 Å². The topological polar surface area (TPSA) is 46.2 Å². The molecule has 1 aliphatic heterocycles. The van der Waals surface area contributed by atoms with Gasteiger partial charge in [0.05, 0.1) is 11.0 Å². The lowest BCUT2D eigenvalue weighted by Crippen LogP contribution is -2.48. The van der Waals surface area contributed by atoms with E-state index in [1.807, 2.05) is 0 Å². The number of rotatable bonds is 3. The molecule has 14 heavy (non-hydrogen) atoms. The summed E-state index contributed by atoms with van der Waals surface area (Å²) in [6.07, 6.45) is 6.24. The van der Waals surface area contributed by atoms with Crippen molar-refractivity contribution >= 4 is 9.84 Å². The zero-order valence-corrected chi connectivity index (χ0v) is 9.35. The van der Waals surface area contributed by atoms with E-state index in [2.05, 4.69) is 5.32 Å². The molecular formula is C10H19NO2S. The molecule has 1 unspecified atom stereocenters. The van der Waals surface area contributed by atoms with Crippen molar-refractivity contribution < 1.29 is 8.42 Å². The molecule has 1 atom stereocenters. The Bertz CT molecular complexity index is 276. The van der Waals surface area contributed by atoms with Crippen LogP contribution in [-0.2, 0) is 9.84 Å². The van der Waals surface area contributed by atoms with E-state index in [9.17, 15) is 8.42 Å². The van der Waals surface area contributed by atoms with Crippen molar-refractivity contribution in [2.45, 2.75) is 49.8 Å². The molecule has 2 fully saturated rings. The molecule has 0 radical (unpaired) electrons. The fraction of sp³-hybridized carbons (Fsp3) is 1.00. The molecule has 1 saturated carbocycles. The summed E-state index contributed by atoms with van der Waals surface area (Å²) >= 11 is 0. The lowest BCUT2D eigenvalue weighted by molar-refractivity contribution is 0.394. The van der Waals surface area contributed by atoms with Crippen LogP contribution in [0.4, 0.5) is 0 Å². The highest BCUT2D eigenvalue weighted by Crippen LogP contribution is 2.25. The van der Waals surface area contributed by atoms with Crippen LogP contribution >= 0.6 is 0 Å². The van der Waals surface area contributed by atoms with Crippen LogP contribution in [0.3, 0.4) is 0 Å². The number of hydrogen-bond donors (Lipinski definition) is 1. The molecule has 0 amide bonds.